The van der Waals surface area contributed by atoms with Crippen molar-refractivity contribution >= 4 is 21.7 Å². The average molecular weight is 426 g/mol. The molecule has 0 atom stereocenters. The lowest BCUT2D eigenvalue weighted by Crippen LogP contribution is -2.32. The summed E-state index contributed by atoms with van der Waals surface area (Å²) in [6, 6.07) is 14.6. The highest BCUT2D eigenvalue weighted by atomic mass is 32.2. The Balaban J connectivity index is 2.20. The lowest BCUT2D eigenvalue weighted by molar-refractivity contribution is 0.0601. The Hall–Kier alpha value is -3.39. The van der Waals surface area contributed by atoms with Crippen molar-refractivity contribution < 1.29 is 22.7 Å². The maximum absolute atomic E-state index is 13.7. The minimum atomic E-state index is -4.02. The number of para-hydroxylation sites is 1. The Morgan fingerprint density at radius 3 is 2.37 bits per heavy atom. The molecule has 8 heteroatoms. The summed E-state index contributed by atoms with van der Waals surface area (Å²) in [7, 11) is -1.25. The number of pyridine rings is 1. The van der Waals surface area contributed by atoms with E-state index in [1.54, 1.807) is 61.8 Å². The van der Waals surface area contributed by atoms with Crippen LogP contribution in [0, 0.1) is 6.92 Å². The van der Waals surface area contributed by atoms with Crippen LogP contribution in [0.5, 0.6) is 5.75 Å². The van der Waals surface area contributed by atoms with E-state index in [-0.39, 0.29) is 22.7 Å². The molecule has 0 aliphatic heterocycles. The van der Waals surface area contributed by atoms with Gasteiger partial charge in [0.25, 0.3) is 10.0 Å². The van der Waals surface area contributed by atoms with Crippen molar-refractivity contribution in [2.45, 2.75) is 18.4 Å². The number of carbonyl (C=O) groups excluding carboxylic acids is 1. The molecule has 0 saturated carbocycles. The predicted octanol–water partition coefficient (Wildman–Crippen LogP) is 3.58. The zero-order valence-corrected chi connectivity index (χ0v) is 17.7. The van der Waals surface area contributed by atoms with E-state index in [1.807, 2.05) is 0 Å². The van der Waals surface area contributed by atoms with Gasteiger partial charge in [-0.25, -0.2) is 13.2 Å². The highest BCUT2D eigenvalue weighted by Gasteiger charge is 2.30. The van der Waals surface area contributed by atoms with Crippen molar-refractivity contribution in [1.82, 2.24) is 4.98 Å². The Kier molecular flexibility index (Phi) is 6.37. The van der Waals surface area contributed by atoms with Crippen molar-refractivity contribution in [1.29, 1.82) is 0 Å². The second-order valence-corrected chi connectivity index (χ2v) is 8.37. The van der Waals surface area contributed by atoms with E-state index in [0.717, 1.165) is 0 Å². The topological polar surface area (TPSA) is 85.8 Å². The smallest absolute Gasteiger partial charge is 0.340 e. The number of rotatable bonds is 7. The lowest BCUT2D eigenvalue weighted by Gasteiger charge is -2.28. The summed E-state index contributed by atoms with van der Waals surface area (Å²) < 4.78 is 38.6. The van der Waals surface area contributed by atoms with Gasteiger partial charge in [-0.05, 0) is 54.4 Å². The molecule has 3 aromatic rings. The molecule has 0 aliphatic carbocycles. The molecule has 1 heterocycles. The Labute approximate surface area is 175 Å². The number of hydrogen-bond acceptors (Lipinski definition) is 6. The number of aryl methyl sites for hydroxylation is 1. The molecule has 0 fully saturated rings. The second kappa shape index (κ2) is 8.96. The zero-order valence-electron chi connectivity index (χ0n) is 16.9. The van der Waals surface area contributed by atoms with Gasteiger partial charge in [0, 0.05) is 12.4 Å². The fourth-order valence-corrected chi connectivity index (χ4v) is 4.62. The fourth-order valence-electron chi connectivity index (χ4n) is 3.08. The van der Waals surface area contributed by atoms with Gasteiger partial charge in [-0.2, -0.15) is 0 Å². The number of carbonyl (C=O) groups is 1. The summed E-state index contributed by atoms with van der Waals surface area (Å²) >= 11 is 0. The normalized spacial score (nSPS) is 11.0. The number of aromatic nitrogens is 1. The van der Waals surface area contributed by atoms with E-state index >= 15 is 0 Å². The van der Waals surface area contributed by atoms with Gasteiger partial charge in [0.1, 0.15) is 5.75 Å². The van der Waals surface area contributed by atoms with Crippen LogP contribution < -0.4 is 9.04 Å². The summed E-state index contributed by atoms with van der Waals surface area (Å²) in [6.45, 7) is 1.75. The van der Waals surface area contributed by atoms with Crippen molar-refractivity contribution in [3.8, 4) is 5.75 Å². The molecule has 156 valence electrons. The first-order valence-corrected chi connectivity index (χ1v) is 10.6. The van der Waals surface area contributed by atoms with Crippen LogP contribution in [0.4, 0.5) is 5.69 Å². The maximum Gasteiger partial charge on any atom is 0.340 e. The minimum absolute atomic E-state index is 0.00293. The molecule has 1 aromatic heterocycles. The number of sulfonamides is 1. The molecule has 0 saturated heterocycles. The Morgan fingerprint density at radius 2 is 1.77 bits per heavy atom. The van der Waals surface area contributed by atoms with E-state index in [1.165, 1.54) is 30.7 Å². The number of benzene rings is 2. The van der Waals surface area contributed by atoms with Crippen molar-refractivity contribution in [3.63, 3.8) is 0 Å². The van der Waals surface area contributed by atoms with Gasteiger partial charge >= 0.3 is 5.97 Å². The number of hydrogen-bond donors (Lipinski definition) is 0. The van der Waals surface area contributed by atoms with Gasteiger partial charge in [0.05, 0.1) is 36.9 Å². The zero-order chi connectivity index (χ0) is 21.7. The van der Waals surface area contributed by atoms with Crippen molar-refractivity contribution in [3.05, 3.63) is 83.7 Å². The van der Waals surface area contributed by atoms with Crippen LogP contribution >= 0.6 is 0 Å². The first-order chi connectivity index (χ1) is 14.4. The molecule has 2 aromatic carbocycles. The van der Waals surface area contributed by atoms with Crippen molar-refractivity contribution in [2.24, 2.45) is 0 Å². The quantitative estimate of drug-likeness (QED) is 0.537. The number of anilines is 1. The van der Waals surface area contributed by atoms with Gasteiger partial charge in [0.15, 0.2) is 0 Å². The molecule has 0 amide bonds. The molecule has 0 radical (unpaired) electrons. The summed E-state index contributed by atoms with van der Waals surface area (Å²) in [6.07, 6.45) is 3.20. The van der Waals surface area contributed by atoms with Gasteiger partial charge in [-0.1, -0.05) is 18.2 Å². The highest BCUT2D eigenvalue weighted by molar-refractivity contribution is 7.92. The Morgan fingerprint density at radius 1 is 1.03 bits per heavy atom. The number of ether oxygens (including phenoxy) is 2. The van der Waals surface area contributed by atoms with Crippen LogP contribution in [-0.2, 0) is 21.3 Å². The first-order valence-electron chi connectivity index (χ1n) is 9.12. The maximum atomic E-state index is 13.7. The van der Waals surface area contributed by atoms with E-state index < -0.39 is 16.0 Å². The van der Waals surface area contributed by atoms with E-state index in [2.05, 4.69) is 4.98 Å². The van der Waals surface area contributed by atoms with Crippen LogP contribution in [0.3, 0.4) is 0 Å². The lowest BCUT2D eigenvalue weighted by atomic mass is 10.1. The monoisotopic (exact) mass is 426 g/mol. The van der Waals surface area contributed by atoms with Crippen molar-refractivity contribution in [2.75, 3.05) is 18.5 Å². The molecule has 0 aliphatic rings. The molecule has 0 unspecified atom stereocenters. The van der Waals surface area contributed by atoms with Crippen LogP contribution in [0.25, 0.3) is 0 Å². The molecule has 3 rings (SSSR count). The summed E-state index contributed by atoms with van der Waals surface area (Å²) in [5, 5.41) is 0. The van der Waals surface area contributed by atoms with E-state index in [4.69, 9.17) is 9.47 Å². The van der Waals surface area contributed by atoms with Gasteiger partial charge in [-0.3, -0.25) is 9.29 Å². The van der Waals surface area contributed by atoms with Crippen LogP contribution in [-0.4, -0.2) is 33.6 Å². The average Bonchev–Trinajstić information content (AvgIpc) is 2.77. The largest absolute Gasteiger partial charge is 0.497 e. The third-order valence-corrected chi connectivity index (χ3v) is 6.35. The van der Waals surface area contributed by atoms with Crippen LogP contribution in [0.2, 0.25) is 0 Å². The van der Waals surface area contributed by atoms with Gasteiger partial charge < -0.3 is 9.47 Å². The molecule has 0 spiro atoms. The third kappa shape index (κ3) is 4.28. The number of nitrogens with zero attached hydrogens (tertiary/aromatic N) is 2. The molecular formula is C22H22N2O5S. The number of methoxy groups -OCH3 is 2. The third-order valence-electron chi connectivity index (χ3n) is 4.59. The second-order valence-electron chi connectivity index (χ2n) is 6.51. The van der Waals surface area contributed by atoms with E-state index in [0.29, 0.717) is 16.9 Å². The molecule has 7 nitrogen and oxygen atoms in total. The SMILES string of the molecule is COC(=O)c1cccc(C)c1N(Cc1cccnc1)S(=O)(=O)c1ccc(OC)cc1. The summed E-state index contributed by atoms with van der Waals surface area (Å²) in [5.41, 5.74) is 1.73. The molecule has 0 N–H and O–H groups in total. The van der Waals surface area contributed by atoms with Gasteiger partial charge in [-0.15, -0.1) is 0 Å². The van der Waals surface area contributed by atoms with E-state index in [9.17, 15) is 13.2 Å². The highest BCUT2D eigenvalue weighted by Crippen LogP contribution is 2.33. The van der Waals surface area contributed by atoms with Crippen LogP contribution in [0.15, 0.2) is 71.9 Å². The van der Waals surface area contributed by atoms with Gasteiger partial charge in [0.2, 0.25) is 0 Å². The summed E-state index contributed by atoms with van der Waals surface area (Å²) in [4.78, 5) is 16.6. The first kappa shape index (κ1) is 21.3. The van der Waals surface area contributed by atoms with Crippen LogP contribution in [0.1, 0.15) is 21.5 Å². The Bertz CT molecular complexity index is 1130. The molecule has 0 bridgehead atoms. The standard InChI is InChI=1S/C22H22N2O5S/c1-16-6-4-8-20(22(25)29-3)21(16)24(15-17-7-5-13-23-14-17)30(26,27)19-11-9-18(28-2)10-12-19/h4-14H,15H2,1-3H3. The predicted molar refractivity (Wildman–Crippen MR) is 113 cm³/mol. The molecular weight excluding hydrogens is 404 g/mol. The number of esters is 1. The summed E-state index contributed by atoms with van der Waals surface area (Å²) in [5.74, 6) is -0.0753. The minimum Gasteiger partial charge on any atom is -0.497 e. The fraction of sp³-hybridized carbons (Fsp3) is 0.182. The molecule has 30 heavy (non-hydrogen) atoms.